The molecule has 0 spiro atoms. The second-order valence-corrected chi connectivity index (χ2v) is 5.22. The Morgan fingerprint density at radius 1 is 1.42 bits per heavy atom. The van der Waals surface area contributed by atoms with Crippen LogP contribution in [0.3, 0.4) is 0 Å². The Hall–Kier alpha value is -1.08. The second kappa shape index (κ2) is 8.16. The van der Waals surface area contributed by atoms with Crippen molar-refractivity contribution in [3.8, 4) is 6.07 Å². The fourth-order valence-electron chi connectivity index (χ4n) is 1.73. The Labute approximate surface area is 120 Å². The summed E-state index contributed by atoms with van der Waals surface area (Å²) in [6, 6.07) is 7.76. The van der Waals surface area contributed by atoms with E-state index in [0.717, 1.165) is 12.2 Å². The molecular weight excluding hydrogens is 260 g/mol. The Morgan fingerprint density at radius 2 is 2.16 bits per heavy atom. The van der Waals surface area contributed by atoms with Crippen LogP contribution in [0.1, 0.15) is 31.9 Å². The summed E-state index contributed by atoms with van der Waals surface area (Å²) >= 11 is 6.15. The minimum absolute atomic E-state index is 0.298. The molecule has 1 aromatic rings. The maximum absolute atomic E-state index is 8.80. The van der Waals surface area contributed by atoms with Crippen LogP contribution in [0.5, 0.6) is 0 Å². The van der Waals surface area contributed by atoms with Gasteiger partial charge in [-0.05, 0) is 30.5 Å². The van der Waals surface area contributed by atoms with Crippen LogP contribution in [0.2, 0.25) is 5.02 Å². The van der Waals surface area contributed by atoms with Crippen LogP contribution in [0.4, 0.5) is 0 Å². The summed E-state index contributed by atoms with van der Waals surface area (Å²) in [6.45, 7) is 8.42. The van der Waals surface area contributed by atoms with Gasteiger partial charge in [-0.15, -0.1) is 0 Å². The van der Waals surface area contributed by atoms with E-state index >= 15 is 0 Å². The number of benzene rings is 1. The molecule has 0 aliphatic heterocycles. The van der Waals surface area contributed by atoms with E-state index in [1.165, 1.54) is 0 Å². The highest BCUT2D eigenvalue weighted by Gasteiger charge is 2.13. The van der Waals surface area contributed by atoms with Crippen molar-refractivity contribution in [1.29, 1.82) is 5.26 Å². The number of nitrogens with zero attached hydrogens (tertiary/aromatic N) is 1. The van der Waals surface area contributed by atoms with Crippen LogP contribution in [-0.4, -0.2) is 19.3 Å². The van der Waals surface area contributed by atoms with Gasteiger partial charge >= 0.3 is 0 Å². The minimum atomic E-state index is 0.298. The van der Waals surface area contributed by atoms with Gasteiger partial charge in [0, 0.05) is 24.2 Å². The number of nitriles is 1. The lowest BCUT2D eigenvalue weighted by molar-refractivity contribution is 0.108. The molecule has 0 aliphatic rings. The lowest BCUT2D eigenvalue weighted by atomic mass is 10.0. The van der Waals surface area contributed by atoms with Gasteiger partial charge in [-0.25, -0.2) is 0 Å². The van der Waals surface area contributed by atoms with Crippen LogP contribution in [0, 0.1) is 17.2 Å². The molecule has 0 heterocycles. The molecule has 0 aliphatic carbocycles. The Balaban J connectivity index is 2.61. The van der Waals surface area contributed by atoms with E-state index in [1.54, 1.807) is 12.1 Å². The normalized spacial score (nSPS) is 12.4. The topological polar surface area (TPSA) is 45.0 Å². The molecule has 0 bridgehead atoms. The fraction of sp³-hybridized carbons (Fsp3) is 0.533. The van der Waals surface area contributed by atoms with E-state index in [-0.39, 0.29) is 0 Å². The Morgan fingerprint density at radius 3 is 2.68 bits per heavy atom. The zero-order chi connectivity index (χ0) is 14.3. The predicted molar refractivity (Wildman–Crippen MR) is 78.1 cm³/mol. The first-order valence-electron chi connectivity index (χ1n) is 6.58. The average molecular weight is 281 g/mol. The van der Waals surface area contributed by atoms with Gasteiger partial charge in [0.2, 0.25) is 0 Å². The summed E-state index contributed by atoms with van der Waals surface area (Å²) in [4.78, 5) is 0. The molecule has 0 aromatic heterocycles. The standard InChI is InChI=1S/C15H21ClN2O/c1-4-19-10-15(11(2)3)18-9-13-6-5-12(8-17)7-14(13)16/h5-7,11,15,18H,4,9-10H2,1-3H3. The number of nitrogens with one attached hydrogen (secondary N) is 1. The van der Waals surface area contributed by atoms with Gasteiger partial charge in [-0.1, -0.05) is 31.5 Å². The molecule has 1 unspecified atom stereocenters. The summed E-state index contributed by atoms with van der Waals surface area (Å²) in [6.07, 6.45) is 0. The highest BCUT2D eigenvalue weighted by atomic mass is 35.5. The van der Waals surface area contributed by atoms with Crippen molar-refractivity contribution in [2.75, 3.05) is 13.2 Å². The molecule has 19 heavy (non-hydrogen) atoms. The van der Waals surface area contributed by atoms with Crippen LogP contribution in [-0.2, 0) is 11.3 Å². The van der Waals surface area contributed by atoms with Gasteiger partial charge in [0.25, 0.3) is 0 Å². The van der Waals surface area contributed by atoms with Crippen molar-refractivity contribution in [1.82, 2.24) is 5.32 Å². The molecule has 1 atom stereocenters. The largest absolute Gasteiger partial charge is 0.380 e. The van der Waals surface area contributed by atoms with Gasteiger partial charge in [0.1, 0.15) is 0 Å². The molecule has 104 valence electrons. The molecule has 1 rings (SSSR count). The number of halogens is 1. The minimum Gasteiger partial charge on any atom is -0.380 e. The highest BCUT2D eigenvalue weighted by Crippen LogP contribution is 2.18. The van der Waals surface area contributed by atoms with Crippen LogP contribution < -0.4 is 5.32 Å². The summed E-state index contributed by atoms with van der Waals surface area (Å²) < 4.78 is 5.47. The Bertz CT molecular complexity index is 440. The first-order chi connectivity index (χ1) is 9.08. The maximum atomic E-state index is 8.80. The third kappa shape index (κ3) is 5.20. The SMILES string of the molecule is CCOCC(NCc1ccc(C#N)cc1Cl)C(C)C. The summed E-state index contributed by atoms with van der Waals surface area (Å²) in [5, 5.41) is 12.9. The van der Waals surface area contributed by atoms with Crippen molar-refractivity contribution in [3.63, 3.8) is 0 Å². The number of hydrogen-bond donors (Lipinski definition) is 1. The molecule has 4 heteroatoms. The smallest absolute Gasteiger partial charge is 0.0992 e. The first-order valence-corrected chi connectivity index (χ1v) is 6.96. The highest BCUT2D eigenvalue weighted by molar-refractivity contribution is 6.31. The molecule has 1 N–H and O–H groups in total. The lowest BCUT2D eigenvalue weighted by Gasteiger charge is -2.22. The van der Waals surface area contributed by atoms with Crippen LogP contribution in [0.15, 0.2) is 18.2 Å². The van der Waals surface area contributed by atoms with Crippen LogP contribution >= 0.6 is 11.6 Å². The molecule has 0 radical (unpaired) electrons. The summed E-state index contributed by atoms with van der Waals surface area (Å²) in [5.74, 6) is 0.490. The van der Waals surface area contributed by atoms with Crippen molar-refractivity contribution < 1.29 is 4.74 Å². The fourth-order valence-corrected chi connectivity index (χ4v) is 1.98. The molecule has 0 saturated carbocycles. The molecule has 0 fully saturated rings. The van der Waals surface area contributed by atoms with Crippen molar-refractivity contribution in [2.45, 2.75) is 33.4 Å². The zero-order valence-corrected chi connectivity index (χ0v) is 12.5. The van der Waals surface area contributed by atoms with Crippen molar-refractivity contribution in [2.24, 2.45) is 5.92 Å². The molecule has 3 nitrogen and oxygen atoms in total. The molecule has 0 saturated heterocycles. The monoisotopic (exact) mass is 280 g/mol. The molecule has 0 amide bonds. The van der Waals surface area contributed by atoms with Crippen LogP contribution in [0.25, 0.3) is 0 Å². The third-order valence-corrected chi connectivity index (χ3v) is 3.39. The average Bonchev–Trinajstić information content (AvgIpc) is 2.39. The molecule has 1 aromatic carbocycles. The second-order valence-electron chi connectivity index (χ2n) is 4.81. The van der Waals surface area contributed by atoms with Gasteiger partial charge in [-0.3, -0.25) is 0 Å². The lowest BCUT2D eigenvalue weighted by Crippen LogP contribution is -2.37. The van der Waals surface area contributed by atoms with Gasteiger partial charge in [-0.2, -0.15) is 5.26 Å². The van der Waals surface area contributed by atoms with Gasteiger partial charge in [0.15, 0.2) is 0 Å². The maximum Gasteiger partial charge on any atom is 0.0992 e. The van der Waals surface area contributed by atoms with Gasteiger partial charge in [0.05, 0.1) is 18.2 Å². The third-order valence-electron chi connectivity index (χ3n) is 3.04. The molecular formula is C15H21ClN2O. The quantitative estimate of drug-likeness (QED) is 0.833. The van der Waals surface area contributed by atoms with E-state index in [4.69, 9.17) is 21.6 Å². The van der Waals surface area contributed by atoms with Crippen molar-refractivity contribution >= 4 is 11.6 Å². The van der Waals surface area contributed by atoms with Crippen molar-refractivity contribution in [3.05, 3.63) is 34.3 Å². The van der Waals surface area contributed by atoms with E-state index in [9.17, 15) is 0 Å². The number of hydrogen-bond acceptors (Lipinski definition) is 3. The first kappa shape index (κ1) is 16.0. The Kier molecular flexibility index (Phi) is 6.86. The summed E-state index contributed by atoms with van der Waals surface area (Å²) in [7, 11) is 0. The van der Waals surface area contributed by atoms with E-state index < -0.39 is 0 Å². The van der Waals surface area contributed by atoms with E-state index in [1.807, 2.05) is 13.0 Å². The van der Waals surface area contributed by atoms with E-state index in [2.05, 4.69) is 25.2 Å². The summed E-state index contributed by atoms with van der Waals surface area (Å²) in [5.41, 5.74) is 1.59. The zero-order valence-electron chi connectivity index (χ0n) is 11.7. The number of ether oxygens (including phenoxy) is 1. The number of rotatable bonds is 7. The van der Waals surface area contributed by atoms with Gasteiger partial charge < -0.3 is 10.1 Å². The van der Waals surface area contributed by atoms with E-state index in [0.29, 0.717) is 35.7 Å². The predicted octanol–water partition coefficient (Wildman–Crippen LogP) is 3.36.